The number of esters is 1. The SMILES string of the molecule is CC(=O)Oc1cccc(C23CCN(C)CC2CCC(N(C)C(=O)c2ccccc2)C3)c1. The molecule has 2 aromatic rings. The van der Waals surface area contributed by atoms with E-state index in [1.165, 1.54) is 12.5 Å². The van der Waals surface area contributed by atoms with Crippen LogP contribution in [0.15, 0.2) is 54.6 Å². The number of ether oxygens (including phenoxy) is 1. The zero-order valence-electron chi connectivity index (χ0n) is 18.7. The Labute approximate surface area is 185 Å². The van der Waals surface area contributed by atoms with Gasteiger partial charge in [-0.25, -0.2) is 0 Å². The molecule has 2 aliphatic rings. The first kappa shape index (κ1) is 21.6. The number of likely N-dealkylation sites (tertiary alicyclic amines) is 1. The highest BCUT2D eigenvalue weighted by Crippen LogP contribution is 2.50. The Balaban J connectivity index is 1.64. The Morgan fingerprint density at radius 3 is 2.61 bits per heavy atom. The van der Waals surface area contributed by atoms with Gasteiger partial charge in [0.05, 0.1) is 0 Å². The number of amides is 1. The Hall–Kier alpha value is -2.66. The van der Waals surface area contributed by atoms with Crippen molar-refractivity contribution >= 4 is 11.9 Å². The normalized spacial score (nSPS) is 26.0. The molecule has 164 valence electrons. The maximum Gasteiger partial charge on any atom is 0.308 e. The van der Waals surface area contributed by atoms with E-state index < -0.39 is 0 Å². The molecule has 0 N–H and O–H groups in total. The van der Waals surface area contributed by atoms with E-state index in [1.54, 1.807) is 0 Å². The van der Waals surface area contributed by atoms with E-state index in [2.05, 4.69) is 18.0 Å². The quantitative estimate of drug-likeness (QED) is 0.551. The highest BCUT2D eigenvalue weighted by atomic mass is 16.5. The molecule has 3 atom stereocenters. The molecule has 0 bridgehead atoms. The molecule has 1 saturated carbocycles. The predicted molar refractivity (Wildman–Crippen MR) is 121 cm³/mol. The molecule has 0 spiro atoms. The molecule has 5 heteroatoms. The van der Waals surface area contributed by atoms with Gasteiger partial charge in [-0.15, -0.1) is 0 Å². The van der Waals surface area contributed by atoms with E-state index in [4.69, 9.17) is 4.74 Å². The lowest BCUT2D eigenvalue weighted by Crippen LogP contribution is -2.55. The molecule has 1 heterocycles. The fourth-order valence-corrected chi connectivity index (χ4v) is 5.60. The lowest BCUT2D eigenvalue weighted by Gasteiger charge is -2.53. The number of rotatable bonds is 4. The van der Waals surface area contributed by atoms with E-state index in [9.17, 15) is 9.59 Å². The van der Waals surface area contributed by atoms with E-state index in [1.807, 2.05) is 60.5 Å². The molecule has 0 radical (unpaired) electrons. The zero-order chi connectivity index (χ0) is 22.0. The van der Waals surface area contributed by atoms with Crippen LogP contribution in [0.2, 0.25) is 0 Å². The summed E-state index contributed by atoms with van der Waals surface area (Å²) < 4.78 is 5.40. The van der Waals surface area contributed by atoms with Crippen molar-refractivity contribution in [3.05, 3.63) is 65.7 Å². The molecule has 5 nitrogen and oxygen atoms in total. The van der Waals surface area contributed by atoms with Crippen molar-refractivity contribution in [2.45, 2.75) is 44.1 Å². The van der Waals surface area contributed by atoms with Crippen molar-refractivity contribution in [3.63, 3.8) is 0 Å². The van der Waals surface area contributed by atoms with E-state index >= 15 is 0 Å². The topological polar surface area (TPSA) is 49.9 Å². The minimum absolute atomic E-state index is 0.0171. The van der Waals surface area contributed by atoms with Gasteiger partial charge in [0, 0.05) is 37.5 Å². The van der Waals surface area contributed by atoms with E-state index in [0.29, 0.717) is 11.7 Å². The summed E-state index contributed by atoms with van der Waals surface area (Å²) in [5, 5.41) is 0. The van der Waals surface area contributed by atoms with Crippen LogP contribution >= 0.6 is 0 Å². The molecule has 1 aliphatic heterocycles. The summed E-state index contributed by atoms with van der Waals surface area (Å²) in [6.45, 7) is 3.52. The number of nitrogens with zero attached hydrogens (tertiary/aromatic N) is 2. The lowest BCUT2D eigenvalue weighted by atomic mass is 9.58. The Bertz CT molecular complexity index is 945. The second-order valence-corrected chi connectivity index (χ2v) is 9.20. The van der Waals surface area contributed by atoms with Gasteiger partial charge in [0.2, 0.25) is 0 Å². The summed E-state index contributed by atoms with van der Waals surface area (Å²) in [6.07, 6.45) is 4.07. The van der Waals surface area contributed by atoms with Crippen LogP contribution in [0, 0.1) is 5.92 Å². The third kappa shape index (κ3) is 4.38. The minimum atomic E-state index is -0.302. The summed E-state index contributed by atoms with van der Waals surface area (Å²) >= 11 is 0. The Morgan fingerprint density at radius 2 is 1.87 bits per heavy atom. The van der Waals surface area contributed by atoms with Gasteiger partial charge in [-0.1, -0.05) is 30.3 Å². The lowest BCUT2D eigenvalue weighted by molar-refractivity contribution is -0.131. The average Bonchev–Trinajstić information content (AvgIpc) is 2.78. The van der Waals surface area contributed by atoms with Gasteiger partial charge >= 0.3 is 5.97 Å². The van der Waals surface area contributed by atoms with Crippen LogP contribution in [-0.2, 0) is 10.2 Å². The van der Waals surface area contributed by atoms with Crippen LogP contribution in [-0.4, -0.2) is 54.9 Å². The fourth-order valence-electron chi connectivity index (χ4n) is 5.60. The molecular weight excluding hydrogens is 388 g/mol. The van der Waals surface area contributed by atoms with Crippen molar-refractivity contribution < 1.29 is 14.3 Å². The third-order valence-corrected chi connectivity index (χ3v) is 7.26. The standard InChI is InChI=1S/C26H32N2O3/c1-19(29)31-24-11-7-10-21(16-24)26-14-15-27(2)18-22(26)12-13-23(17-26)28(3)25(30)20-8-5-4-6-9-20/h4-11,16,22-23H,12-15,17-18H2,1-3H3. The van der Waals surface area contributed by atoms with Crippen LogP contribution in [0.1, 0.15) is 48.5 Å². The van der Waals surface area contributed by atoms with Gasteiger partial charge in [-0.2, -0.15) is 0 Å². The highest BCUT2D eigenvalue weighted by molar-refractivity contribution is 5.94. The van der Waals surface area contributed by atoms with Crippen molar-refractivity contribution in [2.24, 2.45) is 5.92 Å². The number of carbonyl (C=O) groups excluding carboxylic acids is 2. The second-order valence-electron chi connectivity index (χ2n) is 9.20. The number of piperidine rings is 1. The first-order valence-electron chi connectivity index (χ1n) is 11.2. The maximum absolute atomic E-state index is 13.1. The number of hydrogen-bond acceptors (Lipinski definition) is 4. The van der Waals surface area contributed by atoms with E-state index in [-0.39, 0.29) is 23.3 Å². The van der Waals surface area contributed by atoms with Gasteiger partial charge in [0.1, 0.15) is 5.75 Å². The fraction of sp³-hybridized carbons (Fsp3) is 0.462. The van der Waals surface area contributed by atoms with Crippen molar-refractivity contribution in [1.82, 2.24) is 9.80 Å². The van der Waals surface area contributed by atoms with Crippen molar-refractivity contribution in [1.29, 1.82) is 0 Å². The highest BCUT2D eigenvalue weighted by Gasteiger charge is 2.48. The molecule has 2 fully saturated rings. The second kappa shape index (κ2) is 8.83. The van der Waals surface area contributed by atoms with Crippen LogP contribution in [0.3, 0.4) is 0 Å². The van der Waals surface area contributed by atoms with Crippen LogP contribution < -0.4 is 4.74 Å². The number of hydrogen-bond donors (Lipinski definition) is 0. The number of carbonyl (C=O) groups is 2. The molecule has 0 aromatic heterocycles. The van der Waals surface area contributed by atoms with Crippen molar-refractivity contribution in [3.8, 4) is 5.75 Å². The van der Waals surface area contributed by atoms with Crippen molar-refractivity contribution in [2.75, 3.05) is 27.2 Å². The first-order valence-corrected chi connectivity index (χ1v) is 11.2. The molecule has 1 aliphatic carbocycles. The number of benzene rings is 2. The molecular formula is C26H32N2O3. The zero-order valence-corrected chi connectivity index (χ0v) is 18.7. The predicted octanol–water partition coefficient (Wildman–Crippen LogP) is 4.13. The maximum atomic E-state index is 13.1. The van der Waals surface area contributed by atoms with E-state index in [0.717, 1.165) is 44.3 Å². The number of fused-ring (bicyclic) bond motifs is 1. The van der Waals surface area contributed by atoms with Crippen LogP contribution in [0.25, 0.3) is 0 Å². The summed E-state index contributed by atoms with van der Waals surface area (Å²) in [4.78, 5) is 29.0. The molecule has 1 saturated heterocycles. The van der Waals surface area contributed by atoms with Gasteiger partial charge in [0.15, 0.2) is 0 Å². The first-order chi connectivity index (χ1) is 14.9. The summed E-state index contributed by atoms with van der Waals surface area (Å²) in [7, 11) is 4.13. The van der Waals surface area contributed by atoms with Gasteiger partial charge < -0.3 is 14.5 Å². The third-order valence-electron chi connectivity index (χ3n) is 7.26. The summed E-state index contributed by atoms with van der Waals surface area (Å²) in [6, 6.07) is 17.8. The molecule has 4 rings (SSSR count). The monoisotopic (exact) mass is 420 g/mol. The minimum Gasteiger partial charge on any atom is -0.427 e. The van der Waals surface area contributed by atoms with Gasteiger partial charge in [0.25, 0.3) is 5.91 Å². The van der Waals surface area contributed by atoms with Gasteiger partial charge in [-0.3, -0.25) is 9.59 Å². The Kier molecular flexibility index (Phi) is 6.15. The Morgan fingerprint density at radius 1 is 1.10 bits per heavy atom. The molecule has 3 unspecified atom stereocenters. The largest absolute Gasteiger partial charge is 0.427 e. The van der Waals surface area contributed by atoms with Crippen LogP contribution in [0.5, 0.6) is 5.75 Å². The smallest absolute Gasteiger partial charge is 0.308 e. The van der Waals surface area contributed by atoms with Gasteiger partial charge in [-0.05, 0) is 75.0 Å². The molecule has 31 heavy (non-hydrogen) atoms. The summed E-state index contributed by atoms with van der Waals surface area (Å²) in [5.74, 6) is 0.910. The summed E-state index contributed by atoms with van der Waals surface area (Å²) in [5.41, 5.74) is 1.95. The molecule has 1 amide bonds. The average molecular weight is 421 g/mol. The molecule has 2 aromatic carbocycles. The van der Waals surface area contributed by atoms with Crippen LogP contribution in [0.4, 0.5) is 0 Å².